The zero-order chi connectivity index (χ0) is 10.8. The molecule has 2 rings (SSSR count). The molecule has 1 aromatic carbocycles. The second-order valence-corrected chi connectivity index (χ2v) is 3.73. The summed E-state index contributed by atoms with van der Waals surface area (Å²) in [5.74, 6) is 0.740. The van der Waals surface area contributed by atoms with Crippen molar-refractivity contribution in [1.82, 2.24) is 4.90 Å². The lowest BCUT2D eigenvalue weighted by molar-refractivity contribution is 0.0997. The lowest BCUT2D eigenvalue weighted by Gasteiger charge is -2.19. The summed E-state index contributed by atoms with van der Waals surface area (Å²) in [5.41, 5.74) is 1.34. The number of carbonyl (C=O) groups excluding carboxylic acids is 1. The SMILES string of the molecule is CN(C)/C=C1/COc2ccccc2C1=O. The van der Waals surface area contributed by atoms with Crippen molar-refractivity contribution in [3.05, 3.63) is 41.6 Å². The molecule has 0 aliphatic carbocycles. The van der Waals surface area contributed by atoms with E-state index in [1.807, 2.05) is 37.2 Å². The molecule has 0 saturated heterocycles. The van der Waals surface area contributed by atoms with Gasteiger partial charge in [0.05, 0.1) is 11.1 Å². The van der Waals surface area contributed by atoms with E-state index in [0.717, 1.165) is 0 Å². The number of hydrogen-bond donors (Lipinski definition) is 0. The Balaban J connectivity index is 2.38. The van der Waals surface area contributed by atoms with Crippen LogP contribution in [0.15, 0.2) is 36.0 Å². The fourth-order valence-corrected chi connectivity index (χ4v) is 1.58. The number of nitrogens with zero attached hydrogens (tertiary/aromatic N) is 1. The first-order valence-electron chi connectivity index (χ1n) is 4.82. The van der Waals surface area contributed by atoms with Crippen LogP contribution in [0.3, 0.4) is 0 Å². The minimum atomic E-state index is 0.0607. The van der Waals surface area contributed by atoms with Gasteiger partial charge in [0.15, 0.2) is 5.78 Å². The van der Waals surface area contributed by atoms with Gasteiger partial charge in [-0.1, -0.05) is 12.1 Å². The third-order valence-electron chi connectivity index (χ3n) is 2.22. The molecule has 0 atom stereocenters. The number of rotatable bonds is 1. The second kappa shape index (κ2) is 3.77. The van der Waals surface area contributed by atoms with Crippen LogP contribution >= 0.6 is 0 Å². The van der Waals surface area contributed by atoms with Crippen LogP contribution in [0.4, 0.5) is 0 Å². The third-order valence-corrected chi connectivity index (χ3v) is 2.22. The van der Waals surface area contributed by atoms with Crippen molar-refractivity contribution in [3.8, 4) is 5.75 Å². The Labute approximate surface area is 89.0 Å². The van der Waals surface area contributed by atoms with E-state index in [1.165, 1.54) is 0 Å². The molecule has 15 heavy (non-hydrogen) atoms. The number of para-hydroxylation sites is 1. The minimum Gasteiger partial charge on any atom is -0.488 e. The molecular weight excluding hydrogens is 190 g/mol. The quantitative estimate of drug-likeness (QED) is 0.651. The maximum absolute atomic E-state index is 12.0. The Hall–Kier alpha value is -1.77. The molecule has 0 bridgehead atoms. The highest BCUT2D eigenvalue weighted by molar-refractivity contribution is 6.11. The summed E-state index contributed by atoms with van der Waals surface area (Å²) >= 11 is 0. The summed E-state index contributed by atoms with van der Waals surface area (Å²) < 4.78 is 5.49. The first-order chi connectivity index (χ1) is 7.18. The molecule has 0 aromatic heterocycles. The lowest BCUT2D eigenvalue weighted by Crippen LogP contribution is -2.21. The second-order valence-electron chi connectivity index (χ2n) is 3.73. The molecule has 3 heteroatoms. The first kappa shape index (κ1) is 9.77. The van der Waals surface area contributed by atoms with Crippen LogP contribution in [-0.2, 0) is 0 Å². The van der Waals surface area contributed by atoms with Gasteiger partial charge < -0.3 is 9.64 Å². The van der Waals surface area contributed by atoms with Gasteiger partial charge in [-0.15, -0.1) is 0 Å². The average Bonchev–Trinajstić information content (AvgIpc) is 2.22. The molecule has 1 aromatic rings. The predicted molar refractivity (Wildman–Crippen MR) is 58.0 cm³/mol. The summed E-state index contributed by atoms with van der Waals surface area (Å²) in [4.78, 5) is 13.8. The van der Waals surface area contributed by atoms with E-state index < -0.39 is 0 Å². The van der Waals surface area contributed by atoms with Crippen molar-refractivity contribution >= 4 is 5.78 Å². The molecular formula is C12H13NO2. The van der Waals surface area contributed by atoms with Gasteiger partial charge in [-0.25, -0.2) is 0 Å². The van der Waals surface area contributed by atoms with E-state index in [-0.39, 0.29) is 5.78 Å². The summed E-state index contributed by atoms with van der Waals surface area (Å²) in [6.07, 6.45) is 1.80. The van der Waals surface area contributed by atoms with E-state index in [4.69, 9.17) is 4.74 Å². The van der Waals surface area contributed by atoms with Crippen molar-refractivity contribution in [1.29, 1.82) is 0 Å². The zero-order valence-electron chi connectivity index (χ0n) is 8.86. The summed E-state index contributed by atoms with van der Waals surface area (Å²) in [5, 5.41) is 0. The average molecular weight is 203 g/mol. The summed E-state index contributed by atoms with van der Waals surface area (Å²) in [7, 11) is 3.78. The highest BCUT2D eigenvalue weighted by Crippen LogP contribution is 2.26. The van der Waals surface area contributed by atoms with Crippen molar-refractivity contribution in [2.45, 2.75) is 0 Å². The van der Waals surface area contributed by atoms with Crippen molar-refractivity contribution < 1.29 is 9.53 Å². The molecule has 3 nitrogen and oxygen atoms in total. The van der Waals surface area contributed by atoms with Crippen LogP contribution in [0, 0.1) is 0 Å². The normalized spacial score (nSPS) is 17.2. The van der Waals surface area contributed by atoms with E-state index in [9.17, 15) is 4.79 Å². The molecule has 0 amide bonds. The molecule has 0 saturated carbocycles. The Morgan fingerprint density at radius 3 is 2.80 bits per heavy atom. The number of carbonyl (C=O) groups is 1. The maximum Gasteiger partial charge on any atom is 0.197 e. The van der Waals surface area contributed by atoms with Gasteiger partial charge in [0.2, 0.25) is 0 Å². The Bertz CT molecular complexity index is 421. The lowest BCUT2D eigenvalue weighted by atomic mass is 10.0. The van der Waals surface area contributed by atoms with Crippen LogP contribution in [0.25, 0.3) is 0 Å². The van der Waals surface area contributed by atoms with Gasteiger partial charge in [-0.3, -0.25) is 4.79 Å². The molecule has 1 aliphatic rings. The van der Waals surface area contributed by atoms with E-state index >= 15 is 0 Å². The Morgan fingerprint density at radius 1 is 1.33 bits per heavy atom. The molecule has 0 N–H and O–H groups in total. The van der Waals surface area contributed by atoms with Gasteiger partial charge in [0.1, 0.15) is 12.4 Å². The van der Waals surface area contributed by atoms with Crippen LogP contribution < -0.4 is 4.74 Å². The largest absolute Gasteiger partial charge is 0.488 e. The third kappa shape index (κ3) is 1.86. The number of fused-ring (bicyclic) bond motifs is 1. The number of benzene rings is 1. The Morgan fingerprint density at radius 2 is 2.07 bits per heavy atom. The highest BCUT2D eigenvalue weighted by Gasteiger charge is 2.22. The smallest absolute Gasteiger partial charge is 0.197 e. The van der Waals surface area contributed by atoms with Crippen LogP contribution in [0.1, 0.15) is 10.4 Å². The van der Waals surface area contributed by atoms with Gasteiger partial charge in [0.25, 0.3) is 0 Å². The van der Waals surface area contributed by atoms with E-state index in [0.29, 0.717) is 23.5 Å². The van der Waals surface area contributed by atoms with Crippen molar-refractivity contribution in [2.24, 2.45) is 0 Å². The fraction of sp³-hybridized carbons (Fsp3) is 0.250. The fourth-order valence-electron chi connectivity index (χ4n) is 1.58. The van der Waals surface area contributed by atoms with Crippen molar-refractivity contribution in [3.63, 3.8) is 0 Å². The van der Waals surface area contributed by atoms with Gasteiger partial charge in [-0.2, -0.15) is 0 Å². The molecule has 0 unspecified atom stereocenters. The molecule has 1 aliphatic heterocycles. The molecule has 1 heterocycles. The topological polar surface area (TPSA) is 29.5 Å². The first-order valence-corrected chi connectivity index (χ1v) is 4.82. The zero-order valence-corrected chi connectivity index (χ0v) is 8.86. The molecule has 0 spiro atoms. The highest BCUT2D eigenvalue weighted by atomic mass is 16.5. The monoisotopic (exact) mass is 203 g/mol. The van der Waals surface area contributed by atoms with Gasteiger partial charge >= 0.3 is 0 Å². The summed E-state index contributed by atoms with van der Waals surface area (Å²) in [6, 6.07) is 7.32. The van der Waals surface area contributed by atoms with Gasteiger partial charge in [-0.05, 0) is 12.1 Å². The molecule has 0 radical (unpaired) electrons. The van der Waals surface area contributed by atoms with Crippen LogP contribution in [0.5, 0.6) is 5.75 Å². The van der Waals surface area contributed by atoms with Crippen LogP contribution in [-0.4, -0.2) is 31.4 Å². The minimum absolute atomic E-state index is 0.0607. The molecule has 0 fully saturated rings. The maximum atomic E-state index is 12.0. The van der Waals surface area contributed by atoms with Gasteiger partial charge in [0, 0.05) is 20.3 Å². The predicted octanol–water partition coefficient (Wildman–Crippen LogP) is 1.71. The molecule has 78 valence electrons. The summed E-state index contributed by atoms with van der Waals surface area (Å²) in [6.45, 7) is 0.355. The Kier molecular flexibility index (Phi) is 2.46. The van der Waals surface area contributed by atoms with Crippen LogP contribution in [0.2, 0.25) is 0 Å². The number of ether oxygens (including phenoxy) is 1. The standard InChI is InChI=1S/C12H13NO2/c1-13(2)7-9-8-15-11-6-4-3-5-10(11)12(9)14/h3-7H,8H2,1-2H3/b9-7-. The van der Waals surface area contributed by atoms with E-state index in [2.05, 4.69) is 0 Å². The van der Waals surface area contributed by atoms with E-state index in [1.54, 1.807) is 12.3 Å². The number of Topliss-reactive ketones (excluding diaryl/α,β-unsaturated/α-hetero) is 1. The van der Waals surface area contributed by atoms with Crippen molar-refractivity contribution in [2.75, 3.05) is 20.7 Å². The number of hydrogen-bond acceptors (Lipinski definition) is 3. The number of ketones is 1.